The quantitative estimate of drug-likeness (QED) is 0.00847. The van der Waals surface area contributed by atoms with Gasteiger partial charge in [-0.1, -0.05) is 54.4 Å². The van der Waals surface area contributed by atoms with Gasteiger partial charge in [0, 0.05) is 126 Å². The zero-order valence-corrected chi connectivity index (χ0v) is 61.9. The first-order valence-electron chi connectivity index (χ1n) is 33.8. The van der Waals surface area contributed by atoms with Gasteiger partial charge in [0.1, 0.15) is 60.4 Å². The Bertz CT molecular complexity index is 5880. The molecule has 1 aromatic heterocycles. The number of ether oxygens (including phenoxy) is 1. The Morgan fingerprint density at radius 2 is 1.27 bits per heavy atom. The number of anilines is 1. The molecule has 0 radical (unpaired) electrons. The Morgan fingerprint density at radius 1 is 0.658 bits per heavy atom. The minimum atomic E-state index is -5.83. The smallest absolute Gasteiger partial charge is 0.490 e. The molecule has 12 N–H and O–H groups in total. The van der Waals surface area contributed by atoms with Crippen LogP contribution in [0.2, 0.25) is 0 Å². The van der Waals surface area contributed by atoms with Crippen LogP contribution in [0.1, 0.15) is 103 Å². The van der Waals surface area contributed by atoms with E-state index in [1.807, 2.05) is 79.0 Å². The number of nitrogens with one attached hydrogen (secondary N) is 5. The number of aromatic carboxylic acids is 2. The van der Waals surface area contributed by atoms with Crippen LogP contribution in [0.25, 0.3) is 66.8 Å². The van der Waals surface area contributed by atoms with E-state index in [2.05, 4.69) is 58.1 Å². The molecular formula is C75H70N8O25P3+. The minimum absolute atomic E-state index is 0.00806. The monoisotopic (exact) mass is 1580 g/mol. The number of fused-ring (bicyclic) bond motifs is 4. The molecule has 36 heteroatoms. The molecule has 2 aliphatic carbocycles. The molecule has 111 heavy (non-hydrogen) atoms. The highest BCUT2D eigenvalue weighted by atomic mass is 31.3. The predicted molar refractivity (Wildman–Crippen MR) is 401 cm³/mol. The lowest BCUT2D eigenvalue weighted by Gasteiger charge is -2.20. The van der Waals surface area contributed by atoms with Crippen molar-refractivity contribution in [1.29, 1.82) is 0 Å². The number of carbonyl (C=O) groups excluding carboxylic acids is 4. The third-order valence-electron chi connectivity index (χ3n) is 17.4. The number of carboxylic acids is 2. The van der Waals surface area contributed by atoms with E-state index in [0.717, 1.165) is 21.8 Å². The molecule has 5 atom stereocenters. The van der Waals surface area contributed by atoms with Crippen LogP contribution >= 0.6 is 23.5 Å². The molecule has 1 saturated heterocycles. The maximum atomic E-state index is 14.5. The van der Waals surface area contributed by atoms with Gasteiger partial charge in [0.25, 0.3) is 17.4 Å². The second kappa shape index (κ2) is 33.9. The maximum absolute atomic E-state index is 14.5. The number of phosphoric acid groups is 3. The topological polar surface area (TPSA) is 485 Å². The molecule has 5 aromatic carbocycles. The Morgan fingerprint density at radius 3 is 1.92 bits per heavy atom. The van der Waals surface area contributed by atoms with Gasteiger partial charge >= 0.3 is 41.1 Å². The fourth-order valence-electron chi connectivity index (χ4n) is 12.2. The second-order valence-corrected chi connectivity index (χ2v) is 30.0. The summed E-state index contributed by atoms with van der Waals surface area (Å²) in [7, 11) is -9.57. The number of amides is 4. The number of carbonyl (C=O) groups is 6. The highest BCUT2D eigenvalue weighted by molar-refractivity contribution is 7.66. The lowest BCUT2D eigenvalue weighted by atomic mass is 9.89. The molecule has 0 bridgehead atoms. The zero-order valence-electron chi connectivity index (χ0n) is 59.2. The van der Waals surface area contributed by atoms with Crippen LogP contribution in [0.4, 0.5) is 5.69 Å². The number of phenolic OH excluding ortho intramolecular Hbond substituents is 1. The fourth-order valence-corrected chi connectivity index (χ4v) is 15.3. The number of carboxylic acid groups (broad SMARTS) is 2. The van der Waals surface area contributed by atoms with Crippen molar-refractivity contribution in [3.8, 4) is 74.3 Å². The number of unbranched alkanes of at least 4 members (excludes halogenated alkanes) is 2. The number of hydrogen-bond donors (Lipinski definition) is 12. The van der Waals surface area contributed by atoms with Crippen molar-refractivity contribution < 1.29 is 104 Å². The van der Waals surface area contributed by atoms with Gasteiger partial charge in [-0.15, -0.1) is 0 Å². The van der Waals surface area contributed by atoms with Crippen LogP contribution in [0.3, 0.4) is 0 Å². The molecule has 3 aliphatic heterocycles. The first-order valence-corrected chi connectivity index (χ1v) is 38.4. The van der Waals surface area contributed by atoms with Gasteiger partial charge in [-0.05, 0) is 115 Å². The van der Waals surface area contributed by atoms with E-state index < -0.39 is 88.8 Å². The number of benzene rings is 7. The molecule has 3 unspecified atom stereocenters. The van der Waals surface area contributed by atoms with Gasteiger partial charge in [-0.25, -0.2) is 32.7 Å². The van der Waals surface area contributed by atoms with Crippen LogP contribution in [0.15, 0.2) is 163 Å². The first-order chi connectivity index (χ1) is 52.7. The lowest BCUT2D eigenvalue weighted by molar-refractivity contribution is -0.123. The Kier molecular flexibility index (Phi) is 24.5. The van der Waals surface area contributed by atoms with E-state index in [9.17, 15) is 82.0 Å². The third kappa shape index (κ3) is 19.9. The van der Waals surface area contributed by atoms with Gasteiger partial charge in [-0.3, -0.25) is 42.8 Å². The van der Waals surface area contributed by atoms with Crippen molar-refractivity contribution in [3.05, 3.63) is 215 Å². The van der Waals surface area contributed by atoms with Crippen molar-refractivity contribution >= 4 is 86.7 Å². The molecule has 6 aromatic rings. The Hall–Kier alpha value is -11.9. The van der Waals surface area contributed by atoms with Crippen molar-refractivity contribution in [2.45, 2.75) is 63.5 Å². The van der Waals surface area contributed by atoms with Crippen LogP contribution in [0, 0.1) is 23.7 Å². The number of nitrogens with zero attached hydrogens (tertiary/aromatic N) is 3. The van der Waals surface area contributed by atoms with Crippen molar-refractivity contribution in [3.63, 3.8) is 0 Å². The SMILES string of the molecule is CN(C)c1ccc2c(-c3ccc(C(=O)NC(Cc4ccc(C#CCNC(=O)c5ccc(-c6c7ccc(=O)cc-7oc7cc(O)ccc67)c(C(=O)O)c5)cc4)C(=O)NCCCCCC(=O)NCC#Cc4cn([C@H]5CC[C@@H](OP(=O)(O)OP(=O)(O)OP(=O)(O)O)O5)c(=O)[nH]c4=O)cc3C(=O)O)c3ccc(=[N+](C)C)cc-3oc2c1. The van der Waals surface area contributed by atoms with Crippen molar-refractivity contribution in [2.75, 3.05) is 52.7 Å². The molecule has 574 valence electrons. The summed E-state index contributed by atoms with van der Waals surface area (Å²) in [4.78, 5) is 160. The summed E-state index contributed by atoms with van der Waals surface area (Å²) in [5.74, 6) is 6.37. The molecule has 0 saturated carbocycles. The first kappa shape index (κ1) is 80.1. The highest BCUT2D eigenvalue weighted by Gasteiger charge is 2.44. The summed E-state index contributed by atoms with van der Waals surface area (Å²) in [5, 5.41) is 44.4. The second-order valence-electron chi connectivity index (χ2n) is 25.7. The number of phosphoric ester groups is 1. The number of aromatic amines is 1. The van der Waals surface area contributed by atoms with Crippen LogP contribution in [-0.4, -0.2) is 140 Å². The number of phenols is 1. The van der Waals surface area contributed by atoms with E-state index in [1.54, 1.807) is 36.4 Å². The van der Waals surface area contributed by atoms with E-state index in [-0.39, 0.29) is 101 Å². The minimum Gasteiger partial charge on any atom is -0.508 e. The summed E-state index contributed by atoms with van der Waals surface area (Å²) < 4.78 is 67.7. The normalized spacial score (nSPS) is 14.7. The Balaban J connectivity index is 0.742. The third-order valence-corrected chi connectivity index (χ3v) is 21.3. The molecule has 0 spiro atoms. The van der Waals surface area contributed by atoms with Crippen LogP contribution in [-0.2, 0) is 47.6 Å². The van der Waals surface area contributed by atoms with E-state index in [0.29, 0.717) is 80.3 Å². The summed E-state index contributed by atoms with van der Waals surface area (Å²) in [6, 6.07) is 33.4. The highest BCUT2D eigenvalue weighted by Crippen LogP contribution is 2.67. The summed E-state index contributed by atoms with van der Waals surface area (Å²) >= 11 is 0. The number of aromatic nitrogens is 2. The van der Waals surface area contributed by atoms with Gasteiger partial charge in [-0.2, -0.15) is 8.62 Å². The molecule has 4 amide bonds. The average Bonchev–Trinajstić information content (AvgIpc) is 1.07. The molecular weight excluding hydrogens is 1510 g/mol. The number of aromatic hydroxyl groups is 1. The summed E-state index contributed by atoms with van der Waals surface area (Å²) in [6.07, 6.45) is -1.16. The van der Waals surface area contributed by atoms with Crippen molar-refractivity contribution in [1.82, 2.24) is 35.4 Å². The van der Waals surface area contributed by atoms with Crippen LogP contribution in [0.5, 0.6) is 5.75 Å². The zero-order chi connectivity index (χ0) is 79.8. The summed E-state index contributed by atoms with van der Waals surface area (Å²) in [5.41, 5.74) is 2.02. The molecule has 33 nitrogen and oxygen atoms in total. The van der Waals surface area contributed by atoms with Gasteiger partial charge in [0.05, 0.1) is 30.3 Å². The standard InChI is InChI=1S/C75H69N8O25P3/c1-81(2)47-19-25-53-60(37-47)103-61-38-48(82(3)4)20-26-54(61)67(53)52-24-18-45(36-58(52)74(93)94)70(88)79-59(72(90)78-31-7-5-6-12-64(86)76-32-9-11-46-41-83(75(95)80-71(46)89)65-29-30-66(105-65)106-110(99,100)108-111(101,102)107-109(96,97)98)34-43-15-13-42(14-16-43)10-8-33-77-69(87)44-17-23-51(57(35-44)73(91)92)68-55-27-21-49(84)39-62(55)104-63-40-50(85)22-28-56(63)68/h13-28,35-41,59,65-66H,5-7,12,29-34H2,1-4H3,(H11-,76,77,78,79,80,84,85,86,87,88,89,90,91,92,93,94,95,96,97,98,99,100,101,102)/p+1/t59?,65-,66-/m1/s1. The number of rotatable bonds is 26. The molecule has 11 rings (SSSR count). The van der Waals surface area contributed by atoms with Gasteiger partial charge < -0.3 is 74.6 Å². The Labute approximate surface area is 628 Å². The molecule has 4 heterocycles. The van der Waals surface area contributed by atoms with E-state index in [1.165, 1.54) is 60.7 Å². The summed E-state index contributed by atoms with van der Waals surface area (Å²) in [6.45, 7) is -0.322. The molecule has 5 aliphatic rings. The number of hydrogen-bond acceptors (Lipinski definition) is 20. The molecule has 1 fully saturated rings. The predicted octanol–water partition coefficient (Wildman–Crippen LogP) is 7.08. The van der Waals surface area contributed by atoms with Gasteiger partial charge in [0.15, 0.2) is 11.7 Å². The van der Waals surface area contributed by atoms with Gasteiger partial charge in [0.2, 0.25) is 17.2 Å². The van der Waals surface area contributed by atoms with Crippen molar-refractivity contribution in [2.24, 2.45) is 0 Å². The maximum Gasteiger partial charge on any atom is 0.490 e. The fraction of sp³-hybridized carbons (Fsp3) is 0.227. The van der Waals surface area contributed by atoms with Crippen LogP contribution < -0.4 is 52.8 Å². The largest absolute Gasteiger partial charge is 0.508 e. The number of H-pyrrole nitrogens is 1. The lowest BCUT2D eigenvalue weighted by Crippen LogP contribution is -2.48. The van der Waals surface area contributed by atoms with E-state index in [4.69, 9.17) is 23.4 Å². The average molecular weight is 1580 g/mol. The van der Waals surface area contributed by atoms with E-state index >= 15 is 0 Å².